The Morgan fingerprint density at radius 1 is 0.196 bits per heavy atom. The summed E-state index contributed by atoms with van der Waals surface area (Å²) in [6.45, 7) is 0. The van der Waals surface area contributed by atoms with E-state index in [4.69, 9.17) is 0 Å². The Labute approximate surface area is 560 Å². The largest absolute Gasteiger partial charge is 0.311 e. The van der Waals surface area contributed by atoms with Crippen molar-refractivity contribution in [3.63, 3.8) is 0 Å². The minimum atomic E-state index is 0.882. The molecule has 0 N–H and O–H groups in total. The number of aromatic nitrogens is 4. The van der Waals surface area contributed by atoms with Gasteiger partial charge in [0.1, 0.15) is 0 Å². The second-order valence-corrected chi connectivity index (χ2v) is 26.0. The predicted octanol–water partition coefficient (Wildman–Crippen LogP) is 25.0. The lowest BCUT2D eigenvalue weighted by Crippen LogP contribution is -2.00. The van der Waals surface area contributed by atoms with Gasteiger partial charge in [-0.1, -0.05) is 255 Å². The lowest BCUT2D eigenvalue weighted by Gasteiger charge is -2.16. The van der Waals surface area contributed by atoms with Crippen molar-refractivity contribution in [2.24, 2.45) is 0 Å². The number of benzene rings is 15. The van der Waals surface area contributed by atoms with Crippen LogP contribution >= 0.6 is 0 Å². The molecule has 0 bridgehead atoms. The molecule has 0 amide bonds. The van der Waals surface area contributed by atoms with Gasteiger partial charge in [0.15, 0.2) is 0 Å². The molecule has 0 saturated carbocycles. The first kappa shape index (κ1) is 54.8. The topological polar surface area (TPSA) is 19.7 Å². The summed E-state index contributed by atoms with van der Waals surface area (Å²) in [6.07, 6.45) is 7.63. The van der Waals surface area contributed by atoms with Crippen molar-refractivity contribution in [1.29, 1.82) is 0 Å². The van der Waals surface area contributed by atoms with E-state index in [9.17, 15) is 0 Å². The van der Waals surface area contributed by atoms with Crippen LogP contribution in [0.3, 0.4) is 0 Å². The molecular weight excluding hydrogens is 1170 g/mol. The Kier molecular flexibility index (Phi) is 12.4. The molecule has 4 heteroatoms. The van der Waals surface area contributed by atoms with E-state index in [-0.39, 0.29) is 0 Å². The zero-order chi connectivity index (χ0) is 63.7. The maximum atomic E-state index is 2.54. The summed E-state index contributed by atoms with van der Waals surface area (Å²) in [6, 6.07) is 124. The first-order chi connectivity index (χ1) is 48.1. The van der Waals surface area contributed by atoms with Crippen LogP contribution in [0.15, 0.2) is 352 Å². The maximum absolute atomic E-state index is 2.54. The Morgan fingerprint density at radius 2 is 0.515 bits per heavy atom. The van der Waals surface area contributed by atoms with Crippen molar-refractivity contribution in [3.8, 4) is 83.8 Å². The second-order valence-electron chi connectivity index (χ2n) is 26.0. The van der Waals surface area contributed by atoms with Gasteiger partial charge in [-0.25, -0.2) is 0 Å². The van der Waals surface area contributed by atoms with Crippen LogP contribution in [-0.4, -0.2) is 18.3 Å². The summed E-state index contributed by atoms with van der Waals surface area (Å²) in [4.78, 5) is 0. The van der Waals surface area contributed by atoms with E-state index in [1.54, 1.807) is 0 Å². The quantitative estimate of drug-likeness (QED) is 0.130. The number of hydrogen-bond acceptors (Lipinski definition) is 0. The number of para-hydroxylation sites is 4. The number of fused-ring (bicyclic) bond motifs is 15. The highest BCUT2D eigenvalue weighted by Gasteiger charge is 2.25. The zero-order valence-electron chi connectivity index (χ0n) is 53.0. The number of rotatable bonds is 10. The van der Waals surface area contributed by atoms with Crippen molar-refractivity contribution >= 4 is 104 Å². The normalized spacial score (nSPS) is 12.5. The highest BCUT2D eigenvalue weighted by molar-refractivity contribution is 6.26. The molecule has 0 aliphatic heterocycles. The van der Waals surface area contributed by atoms with Gasteiger partial charge in [-0.05, 0) is 175 Å². The number of allylic oxidation sites excluding steroid dienone is 4. The first-order valence-electron chi connectivity index (χ1n) is 33.6. The molecule has 0 atom stereocenters. The van der Waals surface area contributed by atoms with Gasteiger partial charge in [0, 0.05) is 72.3 Å². The van der Waals surface area contributed by atoms with Crippen LogP contribution in [0.25, 0.3) is 188 Å². The third-order valence-corrected chi connectivity index (χ3v) is 20.5. The van der Waals surface area contributed by atoms with Crippen LogP contribution in [0.2, 0.25) is 0 Å². The van der Waals surface area contributed by atoms with E-state index in [1.165, 1.54) is 143 Å². The molecular formula is C93H60N4. The summed E-state index contributed by atoms with van der Waals surface area (Å²) < 4.78 is 10.1. The van der Waals surface area contributed by atoms with Gasteiger partial charge in [0.2, 0.25) is 0 Å². The Balaban J connectivity index is 0.718. The van der Waals surface area contributed by atoms with E-state index < -0.39 is 0 Å². The van der Waals surface area contributed by atoms with Crippen molar-refractivity contribution in [2.75, 3.05) is 0 Å². The molecule has 15 aromatic carbocycles. The van der Waals surface area contributed by atoms with Gasteiger partial charge in [0.25, 0.3) is 0 Å². The van der Waals surface area contributed by atoms with Gasteiger partial charge in [-0.15, -0.1) is 0 Å². The predicted molar refractivity (Wildman–Crippen MR) is 411 cm³/mol. The smallest absolute Gasteiger partial charge is 0.0788 e. The summed E-state index contributed by atoms with van der Waals surface area (Å²) in [7, 11) is 0. The highest BCUT2D eigenvalue weighted by Crippen LogP contribution is 2.47. The fourth-order valence-corrected chi connectivity index (χ4v) is 16.1. The third-order valence-electron chi connectivity index (χ3n) is 20.5. The van der Waals surface area contributed by atoms with Gasteiger partial charge in [0.05, 0.1) is 44.1 Å². The summed E-state index contributed by atoms with van der Waals surface area (Å²) >= 11 is 0. The molecule has 1 aliphatic rings. The molecule has 4 aromatic heterocycles. The van der Waals surface area contributed by atoms with Crippen LogP contribution in [0, 0.1) is 0 Å². The number of nitrogens with zero attached hydrogens (tertiary/aromatic N) is 4. The zero-order valence-corrected chi connectivity index (χ0v) is 53.0. The third kappa shape index (κ3) is 8.77. The highest BCUT2D eigenvalue weighted by atomic mass is 15.1. The maximum Gasteiger partial charge on any atom is 0.0788 e. The average Bonchev–Trinajstić information content (AvgIpc) is 1.55. The van der Waals surface area contributed by atoms with E-state index in [0.717, 1.165) is 51.3 Å². The summed E-state index contributed by atoms with van der Waals surface area (Å²) in [5.41, 5.74) is 28.2. The van der Waals surface area contributed by atoms with Crippen molar-refractivity contribution in [1.82, 2.24) is 18.3 Å². The Morgan fingerprint density at radius 3 is 0.948 bits per heavy atom. The molecule has 4 nitrogen and oxygen atoms in total. The minimum Gasteiger partial charge on any atom is -0.311 e. The lowest BCUT2D eigenvalue weighted by atomic mass is 9.94. The molecule has 0 fully saturated rings. The fraction of sp³-hybridized carbons (Fsp3) is 0.0108. The standard InChI is InChI=1S/C93H60N4/c1-4-22-60(23-5-1)70-53-71(61-24-6-2-7-25-61)57-76(56-70)96-88-40-18-15-37-81(88)85-49-47-83-79-35-13-17-39-87(79)95(91(83)93(85)96)75-33-21-30-66(55-75)68-45-43-63-42-44-67(51-69(63)52-68)64-28-20-29-65(50-64)73-54-72(62-26-8-3-9-27-62)58-77(59-73)97-89-41-19-14-36-80(89)84-48-46-82-78-34-12-16-38-86(78)94(90(82)92(84)97)74-31-10-11-32-74/h1-31,33-59H,32H2. The molecule has 0 unspecified atom stereocenters. The molecule has 20 rings (SSSR count). The molecule has 0 spiro atoms. The fourth-order valence-electron chi connectivity index (χ4n) is 16.1. The van der Waals surface area contributed by atoms with Crippen molar-refractivity contribution < 1.29 is 0 Å². The van der Waals surface area contributed by atoms with Crippen LogP contribution in [0.1, 0.15) is 6.42 Å². The monoisotopic (exact) mass is 1230 g/mol. The van der Waals surface area contributed by atoms with Gasteiger partial charge < -0.3 is 18.3 Å². The van der Waals surface area contributed by atoms with Crippen LogP contribution < -0.4 is 0 Å². The van der Waals surface area contributed by atoms with Crippen molar-refractivity contribution in [3.05, 3.63) is 352 Å². The van der Waals surface area contributed by atoms with E-state index in [1.807, 2.05) is 0 Å². The van der Waals surface area contributed by atoms with E-state index >= 15 is 0 Å². The minimum absolute atomic E-state index is 0.882. The van der Waals surface area contributed by atoms with Crippen LogP contribution in [-0.2, 0) is 0 Å². The molecule has 0 radical (unpaired) electrons. The van der Waals surface area contributed by atoms with E-state index in [2.05, 4.69) is 370 Å². The molecule has 0 saturated heterocycles. The van der Waals surface area contributed by atoms with E-state index in [0.29, 0.717) is 0 Å². The SMILES string of the molecule is C1=CCC(n2c3ccccc3c3ccc4c5ccccc5n(-c5cc(-c6ccccc6)cc(-c6cccc(-c7ccc8ccc(-c9cccc(-n%10c%11ccccc%11c%11ccc%12c%13ccccc%13n(-c%13cc(-c%14ccccc%14)cc(-c%14ccccc%14)c%13)c%12c%11%10)c9)cc8c7)c6)c5)c4c32)=C1. The molecule has 97 heavy (non-hydrogen) atoms. The summed E-state index contributed by atoms with van der Waals surface area (Å²) in [5.74, 6) is 0. The Hall–Kier alpha value is -12.8. The van der Waals surface area contributed by atoms with Crippen LogP contribution in [0.4, 0.5) is 0 Å². The average molecular weight is 1230 g/mol. The molecule has 452 valence electrons. The molecule has 19 aromatic rings. The molecule has 1 aliphatic carbocycles. The van der Waals surface area contributed by atoms with Gasteiger partial charge in [-0.2, -0.15) is 0 Å². The lowest BCUT2D eigenvalue weighted by molar-refractivity contribution is 1.14. The van der Waals surface area contributed by atoms with Crippen molar-refractivity contribution in [2.45, 2.75) is 6.42 Å². The van der Waals surface area contributed by atoms with Gasteiger partial charge >= 0.3 is 0 Å². The Bertz CT molecular complexity index is 6450. The van der Waals surface area contributed by atoms with Gasteiger partial charge in [-0.3, -0.25) is 0 Å². The second kappa shape index (κ2) is 21.9. The summed E-state index contributed by atoms with van der Waals surface area (Å²) in [5, 5.41) is 12.2. The van der Waals surface area contributed by atoms with Crippen LogP contribution in [0.5, 0.6) is 0 Å². The number of hydrogen-bond donors (Lipinski definition) is 0. The molecule has 4 heterocycles. The first-order valence-corrected chi connectivity index (χ1v) is 33.6.